The minimum absolute atomic E-state index is 0.0488. The van der Waals surface area contributed by atoms with Crippen LogP contribution in [0.3, 0.4) is 0 Å². The maximum absolute atomic E-state index is 11.3. The van der Waals surface area contributed by atoms with Crippen LogP contribution in [0.25, 0.3) is 0 Å². The predicted octanol–water partition coefficient (Wildman–Crippen LogP) is 2.70. The van der Waals surface area contributed by atoms with Gasteiger partial charge in [0.2, 0.25) is 5.82 Å². The third-order valence-electron chi connectivity index (χ3n) is 2.14. The summed E-state index contributed by atoms with van der Waals surface area (Å²) in [7, 11) is 1.30. The fraction of sp³-hybridized carbons (Fsp3) is 0.182. The SMILES string of the molecule is COC(=O)c1nccc(NCc2sccc2Br)n1. The van der Waals surface area contributed by atoms with E-state index in [9.17, 15) is 4.79 Å². The van der Waals surface area contributed by atoms with Crippen LogP contribution >= 0.6 is 27.3 Å². The van der Waals surface area contributed by atoms with Crippen molar-refractivity contribution in [1.82, 2.24) is 9.97 Å². The molecule has 2 aromatic rings. The zero-order valence-electron chi connectivity index (χ0n) is 9.51. The Labute approximate surface area is 116 Å². The maximum Gasteiger partial charge on any atom is 0.376 e. The Morgan fingerprint density at radius 3 is 3.06 bits per heavy atom. The van der Waals surface area contributed by atoms with Gasteiger partial charge in [0, 0.05) is 15.5 Å². The van der Waals surface area contributed by atoms with E-state index in [4.69, 9.17) is 0 Å². The zero-order chi connectivity index (χ0) is 13.0. The van der Waals surface area contributed by atoms with Gasteiger partial charge < -0.3 is 10.1 Å². The molecular formula is C11H10BrN3O2S. The number of nitrogens with zero attached hydrogens (tertiary/aromatic N) is 2. The first-order valence-corrected chi connectivity index (χ1v) is 6.75. The molecule has 0 atom stereocenters. The number of carbonyl (C=O) groups excluding carboxylic acids is 1. The van der Waals surface area contributed by atoms with Crippen molar-refractivity contribution >= 4 is 39.1 Å². The summed E-state index contributed by atoms with van der Waals surface area (Å²) in [5.41, 5.74) is 0. The van der Waals surface area contributed by atoms with Gasteiger partial charge in [-0.25, -0.2) is 14.8 Å². The molecule has 2 heterocycles. The fourth-order valence-electron chi connectivity index (χ4n) is 1.27. The lowest BCUT2D eigenvalue weighted by atomic mass is 10.4. The molecule has 5 nitrogen and oxygen atoms in total. The van der Waals surface area contributed by atoms with Crippen molar-refractivity contribution in [2.24, 2.45) is 0 Å². The Morgan fingerprint density at radius 1 is 1.56 bits per heavy atom. The van der Waals surface area contributed by atoms with E-state index in [0.29, 0.717) is 12.4 Å². The van der Waals surface area contributed by atoms with Crippen LogP contribution in [-0.2, 0) is 11.3 Å². The molecule has 0 bridgehead atoms. The summed E-state index contributed by atoms with van der Waals surface area (Å²) < 4.78 is 5.62. The van der Waals surface area contributed by atoms with Crippen molar-refractivity contribution in [2.45, 2.75) is 6.54 Å². The van der Waals surface area contributed by atoms with Gasteiger partial charge in [-0.2, -0.15) is 0 Å². The van der Waals surface area contributed by atoms with Crippen LogP contribution in [0.2, 0.25) is 0 Å². The molecule has 0 spiro atoms. The van der Waals surface area contributed by atoms with Crippen LogP contribution in [0.5, 0.6) is 0 Å². The smallest absolute Gasteiger partial charge is 0.376 e. The summed E-state index contributed by atoms with van der Waals surface area (Å²) in [6.45, 7) is 0.635. The lowest BCUT2D eigenvalue weighted by molar-refractivity contribution is 0.0587. The normalized spacial score (nSPS) is 10.1. The number of methoxy groups -OCH3 is 1. The van der Waals surface area contributed by atoms with Crippen LogP contribution < -0.4 is 5.32 Å². The van der Waals surface area contributed by atoms with Gasteiger partial charge in [-0.15, -0.1) is 11.3 Å². The van der Waals surface area contributed by atoms with Crippen LogP contribution in [0.4, 0.5) is 5.82 Å². The van der Waals surface area contributed by atoms with E-state index in [0.717, 1.165) is 9.35 Å². The summed E-state index contributed by atoms with van der Waals surface area (Å²) in [6.07, 6.45) is 1.52. The number of esters is 1. The number of nitrogens with one attached hydrogen (secondary N) is 1. The molecule has 18 heavy (non-hydrogen) atoms. The third-order valence-corrected chi connectivity index (χ3v) is 4.07. The minimum Gasteiger partial charge on any atom is -0.463 e. The Morgan fingerprint density at radius 2 is 2.39 bits per heavy atom. The maximum atomic E-state index is 11.3. The number of carbonyl (C=O) groups is 1. The quantitative estimate of drug-likeness (QED) is 0.875. The summed E-state index contributed by atoms with van der Waals surface area (Å²) >= 11 is 5.09. The highest BCUT2D eigenvalue weighted by Crippen LogP contribution is 2.23. The first-order chi connectivity index (χ1) is 8.70. The van der Waals surface area contributed by atoms with Gasteiger partial charge in [0.1, 0.15) is 5.82 Å². The van der Waals surface area contributed by atoms with Gasteiger partial charge in [-0.1, -0.05) is 0 Å². The minimum atomic E-state index is -0.545. The molecule has 0 amide bonds. The second-order valence-electron chi connectivity index (χ2n) is 3.30. The fourth-order valence-corrected chi connectivity index (χ4v) is 2.70. The molecule has 1 N–H and O–H groups in total. The van der Waals surface area contributed by atoms with Gasteiger partial charge in [-0.3, -0.25) is 0 Å². The number of hydrogen-bond acceptors (Lipinski definition) is 6. The van der Waals surface area contributed by atoms with Crippen molar-refractivity contribution in [3.63, 3.8) is 0 Å². The number of anilines is 1. The number of thiophene rings is 1. The Bertz CT molecular complexity index is 559. The monoisotopic (exact) mass is 327 g/mol. The molecule has 94 valence electrons. The molecule has 2 rings (SSSR count). The molecule has 0 aliphatic heterocycles. The van der Waals surface area contributed by atoms with Gasteiger partial charge in [-0.05, 0) is 33.4 Å². The highest BCUT2D eigenvalue weighted by atomic mass is 79.9. The lowest BCUT2D eigenvalue weighted by Crippen LogP contribution is -2.09. The average molecular weight is 328 g/mol. The van der Waals surface area contributed by atoms with E-state index in [1.54, 1.807) is 17.4 Å². The largest absolute Gasteiger partial charge is 0.463 e. The molecular weight excluding hydrogens is 318 g/mol. The molecule has 2 aromatic heterocycles. The molecule has 0 unspecified atom stereocenters. The lowest BCUT2D eigenvalue weighted by Gasteiger charge is -2.05. The van der Waals surface area contributed by atoms with Crippen LogP contribution in [0.1, 0.15) is 15.5 Å². The molecule has 0 aliphatic rings. The Kier molecular flexibility index (Phi) is 4.27. The standard InChI is InChI=1S/C11H10BrN3O2S/c1-17-11(16)10-13-4-2-9(15-10)14-6-8-7(12)3-5-18-8/h2-5H,6H2,1H3,(H,13,14,15). The second-order valence-corrected chi connectivity index (χ2v) is 5.16. The zero-order valence-corrected chi connectivity index (χ0v) is 11.9. The second kappa shape index (κ2) is 5.92. The van der Waals surface area contributed by atoms with Crippen LogP contribution in [0, 0.1) is 0 Å². The van der Waals surface area contributed by atoms with E-state index in [1.165, 1.54) is 13.3 Å². The highest BCUT2D eigenvalue weighted by molar-refractivity contribution is 9.10. The van der Waals surface area contributed by atoms with E-state index in [2.05, 4.69) is 36.0 Å². The van der Waals surface area contributed by atoms with Gasteiger partial charge in [0.25, 0.3) is 0 Å². The molecule has 0 aromatic carbocycles. The Hall–Kier alpha value is -1.47. The number of hydrogen-bond donors (Lipinski definition) is 1. The van der Waals surface area contributed by atoms with E-state index >= 15 is 0 Å². The van der Waals surface area contributed by atoms with E-state index in [-0.39, 0.29) is 5.82 Å². The Balaban J connectivity index is 2.06. The van der Waals surface area contributed by atoms with Crippen molar-refractivity contribution in [3.05, 3.63) is 38.9 Å². The first kappa shape index (κ1) is 13.0. The number of rotatable bonds is 4. The van der Waals surface area contributed by atoms with Crippen molar-refractivity contribution in [1.29, 1.82) is 0 Å². The molecule has 0 saturated heterocycles. The van der Waals surface area contributed by atoms with Crippen molar-refractivity contribution in [3.8, 4) is 0 Å². The van der Waals surface area contributed by atoms with E-state index in [1.807, 2.05) is 11.4 Å². The van der Waals surface area contributed by atoms with Gasteiger partial charge in [0.15, 0.2) is 0 Å². The van der Waals surface area contributed by atoms with Gasteiger partial charge in [0.05, 0.1) is 13.7 Å². The topological polar surface area (TPSA) is 64.1 Å². The molecule has 0 aliphatic carbocycles. The molecule has 0 saturated carbocycles. The third kappa shape index (κ3) is 3.05. The average Bonchev–Trinajstić information content (AvgIpc) is 2.81. The summed E-state index contributed by atoms with van der Waals surface area (Å²) in [5.74, 6) is 0.0920. The highest BCUT2D eigenvalue weighted by Gasteiger charge is 2.09. The molecule has 0 radical (unpaired) electrons. The van der Waals surface area contributed by atoms with Gasteiger partial charge >= 0.3 is 5.97 Å². The van der Waals surface area contributed by atoms with Crippen molar-refractivity contribution < 1.29 is 9.53 Å². The summed E-state index contributed by atoms with van der Waals surface area (Å²) in [5, 5.41) is 5.13. The number of halogens is 1. The van der Waals surface area contributed by atoms with E-state index < -0.39 is 5.97 Å². The van der Waals surface area contributed by atoms with Crippen LogP contribution in [0.15, 0.2) is 28.2 Å². The summed E-state index contributed by atoms with van der Waals surface area (Å²) in [6, 6.07) is 3.69. The first-order valence-electron chi connectivity index (χ1n) is 5.08. The predicted molar refractivity (Wildman–Crippen MR) is 72.7 cm³/mol. The number of aromatic nitrogens is 2. The van der Waals surface area contributed by atoms with Crippen molar-refractivity contribution in [2.75, 3.05) is 12.4 Å². The summed E-state index contributed by atoms with van der Waals surface area (Å²) in [4.78, 5) is 20.3. The van der Waals surface area contributed by atoms with Crippen LogP contribution in [-0.4, -0.2) is 23.0 Å². The molecule has 0 fully saturated rings. The molecule has 7 heteroatoms. The number of ether oxygens (including phenoxy) is 1.